The lowest BCUT2D eigenvalue weighted by molar-refractivity contribution is -0.394. The summed E-state index contributed by atoms with van der Waals surface area (Å²) in [6.45, 7) is 3.62. The lowest BCUT2D eigenvalue weighted by Crippen LogP contribution is -2.54. The number of nitrogens with zero attached hydrogens (tertiary/aromatic N) is 5. The number of imide groups is 2. The molecule has 1 N–H and O–H groups in total. The number of nitro benzene ring substituents is 2. The molecule has 1 fully saturated rings. The van der Waals surface area contributed by atoms with Gasteiger partial charge in [-0.2, -0.15) is 0 Å². The van der Waals surface area contributed by atoms with E-state index in [0.717, 1.165) is 28.8 Å². The maximum atomic E-state index is 13.2. The third-order valence-electron chi connectivity index (χ3n) is 6.47. The molecule has 0 bridgehead atoms. The largest absolute Gasteiger partial charge is 0.450 e. The fourth-order valence-corrected chi connectivity index (χ4v) is 4.51. The van der Waals surface area contributed by atoms with Crippen LogP contribution in [0.2, 0.25) is 0 Å². The van der Waals surface area contributed by atoms with E-state index in [9.17, 15) is 34.6 Å². The zero-order chi connectivity index (χ0) is 30.1. The Morgan fingerprint density at radius 2 is 1.57 bits per heavy atom. The van der Waals surface area contributed by atoms with Crippen molar-refractivity contribution in [1.82, 2.24) is 14.9 Å². The zero-order valence-corrected chi connectivity index (χ0v) is 22.0. The first-order chi connectivity index (χ1) is 20.0. The molecule has 210 valence electrons. The molecule has 1 saturated heterocycles. The van der Waals surface area contributed by atoms with Gasteiger partial charge >= 0.3 is 11.7 Å². The second-order valence-corrected chi connectivity index (χ2v) is 9.09. The number of aryl methyl sites for hydroxylation is 1. The van der Waals surface area contributed by atoms with Crippen molar-refractivity contribution in [3.05, 3.63) is 116 Å². The quantitative estimate of drug-likeness (QED) is 0.142. The second kappa shape index (κ2) is 10.8. The van der Waals surface area contributed by atoms with Crippen molar-refractivity contribution in [1.29, 1.82) is 0 Å². The van der Waals surface area contributed by atoms with Crippen LogP contribution in [-0.4, -0.2) is 37.2 Å². The number of hydrogen-bond donors (Lipinski definition) is 1. The first kappa shape index (κ1) is 27.4. The van der Waals surface area contributed by atoms with Crippen LogP contribution in [0.3, 0.4) is 0 Å². The summed E-state index contributed by atoms with van der Waals surface area (Å²) in [4.78, 5) is 63.9. The fraction of sp³-hybridized carbons (Fsp3) is 0.0714. The van der Waals surface area contributed by atoms with Crippen LogP contribution in [-0.2, 0) is 9.59 Å². The summed E-state index contributed by atoms with van der Waals surface area (Å²) < 4.78 is 7.50. The van der Waals surface area contributed by atoms with E-state index in [0.29, 0.717) is 16.9 Å². The number of benzene rings is 2. The third kappa shape index (κ3) is 5.06. The van der Waals surface area contributed by atoms with Crippen molar-refractivity contribution < 1.29 is 29.0 Å². The molecule has 0 radical (unpaired) electrons. The fourth-order valence-electron chi connectivity index (χ4n) is 4.51. The van der Waals surface area contributed by atoms with Gasteiger partial charge in [-0.05, 0) is 74.0 Å². The number of carbonyl (C=O) groups excluding carboxylic acids is 3. The van der Waals surface area contributed by atoms with Crippen molar-refractivity contribution in [2.45, 2.75) is 13.8 Å². The highest BCUT2D eigenvalue weighted by Gasteiger charge is 2.37. The average molecular weight is 569 g/mol. The van der Waals surface area contributed by atoms with Crippen molar-refractivity contribution in [3.8, 4) is 17.2 Å². The number of amides is 4. The maximum absolute atomic E-state index is 13.2. The maximum Gasteiger partial charge on any atom is 0.335 e. The molecule has 0 aliphatic carbocycles. The van der Waals surface area contributed by atoms with Crippen LogP contribution in [0.25, 0.3) is 11.8 Å². The monoisotopic (exact) mass is 568 g/mol. The van der Waals surface area contributed by atoms with Crippen LogP contribution in [0.1, 0.15) is 17.0 Å². The molecule has 5 rings (SSSR count). The zero-order valence-electron chi connectivity index (χ0n) is 22.0. The Bertz CT molecular complexity index is 1810. The Hall–Kier alpha value is -6.18. The van der Waals surface area contributed by atoms with Crippen LogP contribution < -0.4 is 15.0 Å². The Kier molecular flexibility index (Phi) is 7.02. The highest BCUT2D eigenvalue weighted by molar-refractivity contribution is 6.39. The summed E-state index contributed by atoms with van der Waals surface area (Å²) in [5.74, 6) is -1.50. The van der Waals surface area contributed by atoms with Gasteiger partial charge in [0, 0.05) is 35.5 Å². The number of hydrogen-bond acceptors (Lipinski definition) is 9. The molecule has 2 aromatic carbocycles. The Labute approximate surface area is 236 Å². The van der Waals surface area contributed by atoms with Gasteiger partial charge in [0.05, 0.1) is 21.6 Å². The molecular weight excluding hydrogens is 548 g/mol. The Balaban J connectivity index is 1.43. The van der Waals surface area contributed by atoms with Crippen LogP contribution in [0, 0.1) is 34.1 Å². The van der Waals surface area contributed by atoms with Crippen LogP contribution in [0.15, 0.2) is 78.6 Å². The molecule has 0 spiro atoms. The summed E-state index contributed by atoms with van der Waals surface area (Å²) >= 11 is 0. The number of carbonyl (C=O) groups is 3. The van der Waals surface area contributed by atoms with E-state index in [2.05, 4.69) is 10.3 Å². The lowest BCUT2D eigenvalue weighted by atomic mass is 10.1. The molecule has 0 atom stereocenters. The van der Waals surface area contributed by atoms with Crippen LogP contribution in [0.4, 0.5) is 21.9 Å². The number of barbiturate groups is 1. The van der Waals surface area contributed by atoms with E-state index in [1.807, 2.05) is 11.5 Å². The molecule has 0 unspecified atom stereocenters. The summed E-state index contributed by atoms with van der Waals surface area (Å²) in [6.07, 6.45) is 4.27. The number of non-ortho nitro benzene ring substituents is 1. The average Bonchev–Trinajstić information content (AvgIpc) is 3.24. The molecule has 14 heteroatoms. The number of urea groups is 1. The van der Waals surface area contributed by atoms with Gasteiger partial charge in [0.1, 0.15) is 11.3 Å². The standard InChI is InChI=1S/C28H20N6O8/c1-16-13-18(14-23-26(35)30-28(37)32(27(23)36)20-9-11-29-12-10-20)17(2)31(16)19-3-6-22(7-4-19)42-25-8-5-21(33(38)39)15-24(25)34(40)41/h3-15H,1-2H3,(H,30,35,37)/b23-14+. The van der Waals surface area contributed by atoms with Gasteiger partial charge in [0.2, 0.25) is 5.75 Å². The summed E-state index contributed by atoms with van der Waals surface area (Å²) in [5, 5.41) is 24.6. The Morgan fingerprint density at radius 3 is 2.21 bits per heavy atom. The topological polar surface area (TPSA) is 180 Å². The van der Waals surface area contributed by atoms with E-state index < -0.39 is 39.1 Å². The number of rotatable bonds is 7. The van der Waals surface area contributed by atoms with Gasteiger partial charge in [-0.3, -0.25) is 40.1 Å². The first-order valence-corrected chi connectivity index (χ1v) is 12.3. The number of nitro groups is 2. The number of anilines is 1. The molecule has 1 aliphatic heterocycles. The first-order valence-electron chi connectivity index (χ1n) is 12.3. The van der Waals surface area contributed by atoms with Crippen LogP contribution in [0.5, 0.6) is 11.5 Å². The van der Waals surface area contributed by atoms with Crippen molar-refractivity contribution in [2.75, 3.05) is 4.90 Å². The van der Waals surface area contributed by atoms with Gasteiger partial charge < -0.3 is 9.30 Å². The van der Waals surface area contributed by atoms with Gasteiger partial charge in [-0.15, -0.1) is 0 Å². The number of ether oxygens (including phenoxy) is 1. The number of aromatic nitrogens is 2. The molecule has 0 saturated carbocycles. The van der Waals surface area contributed by atoms with E-state index in [1.165, 1.54) is 30.6 Å². The van der Waals surface area contributed by atoms with E-state index >= 15 is 0 Å². The normalized spacial score (nSPS) is 14.2. The van der Waals surface area contributed by atoms with Gasteiger partial charge in [0.25, 0.3) is 17.5 Å². The minimum absolute atomic E-state index is 0.157. The van der Waals surface area contributed by atoms with E-state index in [4.69, 9.17) is 4.74 Å². The minimum Gasteiger partial charge on any atom is -0.450 e. The predicted molar refractivity (Wildman–Crippen MR) is 148 cm³/mol. The van der Waals surface area contributed by atoms with Crippen LogP contribution >= 0.6 is 0 Å². The molecule has 4 amide bonds. The highest BCUT2D eigenvalue weighted by Crippen LogP contribution is 2.35. The van der Waals surface area contributed by atoms with E-state index in [-0.39, 0.29) is 22.8 Å². The second-order valence-electron chi connectivity index (χ2n) is 9.09. The Morgan fingerprint density at radius 1 is 0.881 bits per heavy atom. The number of nitrogens with one attached hydrogen (secondary N) is 1. The molecule has 3 heterocycles. The van der Waals surface area contributed by atoms with Crippen molar-refractivity contribution >= 4 is 41.0 Å². The summed E-state index contributed by atoms with van der Waals surface area (Å²) in [5.41, 5.74) is 1.77. The number of pyridine rings is 1. The lowest BCUT2D eigenvalue weighted by Gasteiger charge is -2.26. The van der Waals surface area contributed by atoms with E-state index in [1.54, 1.807) is 37.3 Å². The molecule has 1 aliphatic rings. The molecule has 4 aromatic rings. The minimum atomic E-state index is -0.861. The third-order valence-corrected chi connectivity index (χ3v) is 6.47. The SMILES string of the molecule is Cc1cc(/C=C2\C(=O)NC(=O)N(c3ccncc3)C2=O)c(C)n1-c1ccc(Oc2ccc([N+](=O)[O-])cc2[N+](=O)[O-])cc1. The van der Waals surface area contributed by atoms with Crippen molar-refractivity contribution in [3.63, 3.8) is 0 Å². The molecule has 14 nitrogen and oxygen atoms in total. The highest BCUT2D eigenvalue weighted by atomic mass is 16.6. The molecular formula is C28H20N6O8. The summed E-state index contributed by atoms with van der Waals surface area (Å²) in [6, 6.07) is 13.5. The van der Waals surface area contributed by atoms with Gasteiger partial charge in [-0.1, -0.05) is 0 Å². The molecule has 42 heavy (non-hydrogen) atoms. The van der Waals surface area contributed by atoms with Crippen molar-refractivity contribution in [2.24, 2.45) is 0 Å². The predicted octanol–water partition coefficient (Wildman–Crippen LogP) is 4.76. The summed E-state index contributed by atoms with van der Waals surface area (Å²) in [7, 11) is 0. The smallest absolute Gasteiger partial charge is 0.335 e. The van der Waals surface area contributed by atoms with Gasteiger partial charge in [-0.25, -0.2) is 9.69 Å². The molecule has 2 aromatic heterocycles. The van der Waals surface area contributed by atoms with Gasteiger partial charge in [0.15, 0.2) is 0 Å².